The molecule has 2 nitrogen and oxygen atoms in total. The molecule has 0 aliphatic carbocycles. The fourth-order valence-electron chi connectivity index (χ4n) is 0.996. The van der Waals surface area contributed by atoms with Crippen LogP contribution in [0.1, 0.15) is 5.56 Å². The molecule has 0 saturated heterocycles. The molecule has 0 bridgehead atoms. The topological polar surface area (TPSA) is 18.5 Å². The molecule has 1 aromatic rings. The van der Waals surface area contributed by atoms with Crippen LogP contribution in [0.3, 0.4) is 0 Å². The van der Waals surface area contributed by atoms with Crippen LogP contribution in [-0.4, -0.2) is 13.2 Å². The maximum absolute atomic E-state index is 5.42. The zero-order chi connectivity index (χ0) is 9.52. The van der Waals surface area contributed by atoms with E-state index in [-0.39, 0.29) is 0 Å². The summed E-state index contributed by atoms with van der Waals surface area (Å²) in [6.07, 6.45) is 1.42. The smallest absolute Gasteiger partial charge is 0.122 e. The van der Waals surface area contributed by atoms with Gasteiger partial charge in [0.25, 0.3) is 0 Å². The van der Waals surface area contributed by atoms with Crippen molar-refractivity contribution in [2.24, 2.45) is 0 Å². The van der Waals surface area contributed by atoms with Crippen molar-refractivity contribution < 1.29 is 9.47 Å². The third kappa shape index (κ3) is 3.65. The van der Waals surface area contributed by atoms with Crippen molar-refractivity contribution in [2.75, 3.05) is 13.2 Å². The zero-order valence-electron chi connectivity index (χ0n) is 7.82. The lowest BCUT2D eigenvalue weighted by atomic mass is 10.2. The Morgan fingerprint density at radius 3 is 2.92 bits per heavy atom. The van der Waals surface area contributed by atoms with E-state index in [0.717, 1.165) is 5.75 Å². The molecule has 1 aromatic carbocycles. The van der Waals surface area contributed by atoms with Gasteiger partial charge in [-0.05, 0) is 24.6 Å². The molecule has 0 radical (unpaired) electrons. The Kier molecular flexibility index (Phi) is 3.89. The van der Waals surface area contributed by atoms with Crippen molar-refractivity contribution >= 4 is 0 Å². The minimum absolute atomic E-state index is 0.539. The van der Waals surface area contributed by atoms with Crippen LogP contribution in [0.25, 0.3) is 0 Å². The predicted octanol–water partition coefficient (Wildman–Crippen LogP) is 2.53. The van der Waals surface area contributed by atoms with E-state index < -0.39 is 0 Å². The molecule has 0 amide bonds. The third-order valence-electron chi connectivity index (χ3n) is 1.58. The highest BCUT2D eigenvalue weighted by Gasteiger charge is 1.92. The first-order valence-corrected chi connectivity index (χ1v) is 4.25. The molecular weight excluding hydrogens is 164 g/mol. The molecular formula is C11H14O2. The lowest BCUT2D eigenvalue weighted by Gasteiger charge is -2.05. The SMILES string of the molecule is C=COCCOc1cccc(C)c1. The second kappa shape index (κ2) is 5.25. The van der Waals surface area contributed by atoms with Crippen molar-refractivity contribution in [3.8, 4) is 5.75 Å². The summed E-state index contributed by atoms with van der Waals surface area (Å²) in [7, 11) is 0. The number of hydrogen-bond acceptors (Lipinski definition) is 2. The first kappa shape index (κ1) is 9.65. The predicted molar refractivity (Wildman–Crippen MR) is 52.8 cm³/mol. The molecule has 0 atom stereocenters. The molecule has 0 unspecified atom stereocenters. The van der Waals surface area contributed by atoms with Crippen molar-refractivity contribution in [2.45, 2.75) is 6.92 Å². The summed E-state index contributed by atoms with van der Waals surface area (Å²) in [5.41, 5.74) is 1.20. The van der Waals surface area contributed by atoms with Gasteiger partial charge in [-0.25, -0.2) is 0 Å². The molecule has 0 aliphatic rings. The highest BCUT2D eigenvalue weighted by atomic mass is 16.5. The van der Waals surface area contributed by atoms with Gasteiger partial charge in [0.1, 0.15) is 19.0 Å². The van der Waals surface area contributed by atoms with E-state index >= 15 is 0 Å². The third-order valence-corrected chi connectivity index (χ3v) is 1.58. The van der Waals surface area contributed by atoms with Gasteiger partial charge in [-0.1, -0.05) is 18.7 Å². The molecule has 0 spiro atoms. The zero-order valence-corrected chi connectivity index (χ0v) is 7.82. The molecule has 13 heavy (non-hydrogen) atoms. The molecule has 0 saturated carbocycles. The minimum Gasteiger partial charge on any atom is -0.498 e. The molecule has 0 heterocycles. The van der Waals surface area contributed by atoms with Crippen LogP contribution >= 0.6 is 0 Å². The van der Waals surface area contributed by atoms with Crippen molar-refractivity contribution in [1.82, 2.24) is 0 Å². The summed E-state index contributed by atoms with van der Waals surface area (Å²) in [4.78, 5) is 0. The van der Waals surface area contributed by atoms with Gasteiger partial charge in [-0.3, -0.25) is 0 Å². The van der Waals surface area contributed by atoms with Crippen LogP contribution in [0.5, 0.6) is 5.75 Å². The van der Waals surface area contributed by atoms with Crippen LogP contribution in [-0.2, 0) is 4.74 Å². The van der Waals surface area contributed by atoms with Gasteiger partial charge in [0.05, 0.1) is 6.26 Å². The average Bonchev–Trinajstić information content (AvgIpc) is 2.13. The first-order chi connectivity index (χ1) is 6.33. The summed E-state index contributed by atoms with van der Waals surface area (Å²) >= 11 is 0. The fraction of sp³-hybridized carbons (Fsp3) is 0.273. The van der Waals surface area contributed by atoms with Crippen LogP contribution in [0.2, 0.25) is 0 Å². The number of hydrogen-bond donors (Lipinski definition) is 0. The van der Waals surface area contributed by atoms with Crippen LogP contribution in [0.4, 0.5) is 0 Å². The van der Waals surface area contributed by atoms with Crippen LogP contribution < -0.4 is 4.74 Å². The summed E-state index contributed by atoms with van der Waals surface area (Å²) in [6.45, 7) is 6.57. The molecule has 0 fully saturated rings. The summed E-state index contributed by atoms with van der Waals surface area (Å²) in [6, 6.07) is 7.93. The molecule has 0 aromatic heterocycles. The Bertz CT molecular complexity index is 269. The second-order valence-corrected chi connectivity index (χ2v) is 2.70. The lowest BCUT2D eigenvalue weighted by molar-refractivity contribution is 0.179. The highest BCUT2D eigenvalue weighted by molar-refractivity contribution is 5.27. The number of ether oxygens (including phenoxy) is 2. The minimum atomic E-state index is 0.539. The highest BCUT2D eigenvalue weighted by Crippen LogP contribution is 2.11. The molecule has 1 rings (SSSR count). The van der Waals surface area contributed by atoms with E-state index in [1.165, 1.54) is 11.8 Å². The van der Waals surface area contributed by atoms with Crippen molar-refractivity contribution in [1.29, 1.82) is 0 Å². The summed E-state index contributed by atoms with van der Waals surface area (Å²) in [5.74, 6) is 0.882. The Morgan fingerprint density at radius 1 is 1.38 bits per heavy atom. The Balaban J connectivity index is 2.32. The van der Waals surface area contributed by atoms with Gasteiger partial charge >= 0.3 is 0 Å². The lowest BCUT2D eigenvalue weighted by Crippen LogP contribution is -2.03. The number of benzene rings is 1. The Hall–Kier alpha value is -1.44. The summed E-state index contributed by atoms with van der Waals surface area (Å²) in [5, 5.41) is 0. The van der Waals surface area contributed by atoms with E-state index in [4.69, 9.17) is 9.47 Å². The monoisotopic (exact) mass is 178 g/mol. The molecule has 0 N–H and O–H groups in total. The quantitative estimate of drug-likeness (QED) is 0.509. The van der Waals surface area contributed by atoms with Gasteiger partial charge < -0.3 is 9.47 Å². The second-order valence-electron chi connectivity index (χ2n) is 2.70. The Morgan fingerprint density at radius 2 is 2.23 bits per heavy atom. The van der Waals surface area contributed by atoms with Gasteiger partial charge in [0.2, 0.25) is 0 Å². The normalized spacial score (nSPS) is 9.31. The van der Waals surface area contributed by atoms with Gasteiger partial charge in [0, 0.05) is 0 Å². The van der Waals surface area contributed by atoms with E-state index in [0.29, 0.717) is 13.2 Å². The van der Waals surface area contributed by atoms with Crippen molar-refractivity contribution in [3.05, 3.63) is 42.7 Å². The molecule has 0 aliphatic heterocycles. The number of rotatable bonds is 5. The van der Waals surface area contributed by atoms with Crippen LogP contribution in [0, 0.1) is 6.92 Å². The van der Waals surface area contributed by atoms with Gasteiger partial charge in [-0.15, -0.1) is 0 Å². The van der Waals surface area contributed by atoms with E-state index in [9.17, 15) is 0 Å². The maximum atomic E-state index is 5.42. The maximum Gasteiger partial charge on any atom is 0.122 e. The standard InChI is InChI=1S/C11H14O2/c1-3-12-7-8-13-11-6-4-5-10(2)9-11/h3-6,9H,1,7-8H2,2H3. The molecule has 70 valence electrons. The van der Waals surface area contributed by atoms with E-state index in [1.54, 1.807) is 0 Å². The number of aryl methyl sites for hydroxylation is 1. The van der Waals surface area contributed by atoms with Gasteiger partial charge in [0.15, 0.2) is 0 Å². The van der Waals surface area contributed by atoms with Crippen molar-refractivity contribution in [3.63, 3.8) is 0 Å². The first-order valence-electron chi connectivity index (χ1n) is 4.25. The van der Waals surface area contributed by atoms with Crippen LogP contribution in [0.15, 0.2) is 37.1 Å². The summed E-state index contributed by atoms with van der Waals surface area (Å²) < 4.78 is 10.3. The van der Waals surface area contributed by atoms with E-state index in [1.807, 2.05) is 31.2 Å². The largest absolute Gasteiger partial charge is 0.498 e. The fourth-order valence-corrected chi connectivity index (χ4v) is 0.996. The van der Waals surface area contributed by atoms with Gasteiger partial charge in [-0.2, -0.15) is 0 Å². The average molecular weight is 178 g/mol. The molecule has 2 heteroatoms. The van der Waals surface area contributed by atoms with E-state index in [2.05, 4.69) is 6.58 Å². The Labute approximate surface area is 78.8 Å².